The van der Waals surface area contributed by atoms with Crippen molar-refractivity contribution in [3.05, 3.63) is 58.6 Å². The van der Waals surface area contributed by atoms with Gasteiger partial charge in [-0.15, -0.1) is 0 Å². The van der Waals surface area contributed by atoms with Gasteiger partial charge >= 0.3 is 0 Å². The summed E-state index contributed by atoms with van der Waals surface area (Å²) in [7, 11) is -2.26. The molecule has 0 aliphatic heterocycles. The van der Waals surface area contributed by atoms with Gasteiger partial charge in [-0.25, -0.2) is 8.42 Å². The maximum atomic E-state index is 13.6. The van der Waals surface area contributed by atoms with Gasteiger partial charge in [0.15, 0.2) is 0 Å². The van der Waals surface area contributed by atoms with Gasteiger partial charge in [-0.1, -0.05) is 23.7 Å². The van der Waals surface area contributed by atoms with Crippen LogP contribution in [0.25, 0.3) is 0 Å². The lowest BCUT2D eigenvalue weighted by atomic mass is 10.1. The van der Waals surface area contributed by atoms with Crippen LogP contribution in [0.15, 0.2) is 42.5 Å². The predicted molar refractivity (Wildman–Crippen MR) is 139 cm³/mol. The third kappa shape index (κ3) is 8.14. The van der Waals surface area contributed by atoms with Gasteiger partial charge in [0.2, 0.25) is 21.8 Å². The van der Waals surface area contributed by atoms with Gasteiger partial charge in [0.25, 0.3) is 0 Å². The summed E-state index contributed by atoms with van der Waals surface area (Å²) < 4.78 is 31.6. The molecule has 0 radical (unpaired) electrons. The zero-order valence-electron chi connectivity index (χ0n) is 21.3. The van der Waals surface area contributed by atoms with Crippen molar-refractivity contribution in [1.82, 2.24) is 10.2 Å². The number of carbonyl (C=O) groups excluding carboxylic acids is 2. The van der Waals surface area contributed by atoms with Crippen molar-refractivity contribution >= 4 is 39.1 Å². The van der Waals surface area contributed by atoms with Gasteiger partial charge in [0.1, 0.15) is 18.3 Å². The number of hydrogen-bond acceptors (Lipinski definition) is 5. The van der Waals surface area contributed by atoms with Crippen molar-refractivity contribution in [2.24, 2.45) is 0 Å². The summed E-state index contributed by atoms with van der Waals surface area (Å²) in [5, 5.41) is 3.35. The highest BCUT2D eigenvalue weighted by Crippen LogP contribution is 2.26. The summed E-state index contributed by atoms with van der Waals surface area (Å²) in [6.45, 7) is 8.54. The summed E-state index contributed by atoms with van der Waals surface area (Å²) in [4.78, 5) is 27.9. The molecular weight excluding hydrogens is 490 g/mol. The number of rotatable bonds is 9. The van der Waals surface area contributed by atoms with Gasteiger partial charge in [-0.2, -0.15) is 0 Å². The van der Waals surface area contributed by atoms with E-state index in [2.05, 4.69) is 5.32 Å². The van der Waals surface area contributed by atoms with Crippen LogP contribution in [0.3, 0.4) is 0 Å². The van der Waals surface area contributed by atoms with Crippen LogP contribution in [0.4, 0.5) is 5.69 Å². The monoisotopic (exact) mass is 523 g/mol. The molecule has 2 aromatic carbocycles. The second-order valence-corrected chi connectivity index (χ2v) is 11.8. The number of benzene rings is 2. The number of halogens is 1. The van der Waals surface area contributed by atoms with Gasteiger partial charge in [0.05, 0.1) is 19.1 Å². The minimum absolute atomic E-state index is 0.110. The van der Waals surface area contributed by atoms with Crippen molar-refractivity contribution < 1.29 is 22.7 Å². The van der Waals surface area contributed by atoms with Crippen LogP contribution in [-0.4, -0.2) is 56.6 Å². The zero-order valence-corrected chi connectivity index (χ0v) is 22.8. The normalized spacial score (nSPS) is 12.6. The summed E-state index contributed by atoms with van der Waals surface area (Å²) in [5.41, 5.74) is 1.22. The molecule has 1 N–H and O–H groups in total. The second-order valence-electron chi connectivity index (χ2n) is 9.49. The number of methoxy groups -OCH3 is 1. The average Bonchev–Trinajstić information content (AvgIpc) is 2.74. The van der Waals surface area contributed by atoms with E-state index in [4.69, 9.17) is 16.3 Å². The maximum Gasteiger partial charge on any atom is 0.244 e. The zero-order chi connectivity index (χ0) is 26.6. The Morgan fingerprint density at radius 2 is 1.71 bits per heavy atom. The number of nitrogens with zero attached hydrogens (tertiary/aromatic N) is 2. The highest BCUT2D eigenvalue weighted by molar-refractivity contribution is 7.92. The molecule has 0 spiro atoms. The fourth-order valence-corrected chi connectivity index (χ4v) is 4.61. The minimum atomic E-state index is -3.81. The molecule has 2 aromatic rings. The molecule has 0 saturated carbocycles. The Morgan fingerprint density at radius 1 is 1.11 bits per heavy atom. The van der Waals surface area contributed by atoms with Crippen molar-refractivity contribution in [2.75, 3.05) is 24.2 Å². The Bertz CT molecular complexity index is 1160. The van der Waals surface area contributed by atoms with E-state index in [0.29, 0.717) is 22.0 Å². The fourth-order valence-electron chi connectivity index (χ4n) is 3.48. The molecule has 0 bridgehead atoms. The van der Waals surface area contributed by atoms with Crippen LogP contribution < -0.4 is 14.4 Å². The predicted octanol–water partition coefficient (Wildman–Crippen LogP) is 3.76. The molecule has 10 heteroatoms. The van der Waals surface area contributed by atoms with Crippen LogP contribution in [-0.2, 0) is 26.2 Å². The number of anilines is 1. The molecule has 8 nitrogen and oxygen atoms in total. The van der Waals surface area contributed by atoms with Gasteiger partial charge in [-0.05, 0) is 76.1 Å². The van der Waals surface area contributed by atoms with Crippen molar-refractivity contribution in [3.63, 3.8) is 0 Å². The molecule has 0 fully saturated rings. The van der Waals surface area contributed by atoms with Crippen LogP contribution in [0, 0.1) is 6.92 Å². The lowest BCUT2D eigenvalue weighted by molar-refractivity contribution is -0.140. The lowest BCUT2D eigenvalue weighted by Crippen LogP contribution is -2.54. The molecule has 0 aliphatic rings. The Kier molecular flexibility index (Phi) is 9.19. The first kappa shape index (κ1) is 28.5. The highest BCUT2D eigenvalue weighted by Gasteiger charge is 2.31. The van der Waals surface area contributed by atoms with E-state index in [1.54, 1.807) is 63.4 Å². The Labute approximate surface area is 213 Å². The molecule has 0 heterocycles. The largest absolute Gasteiger partial charge is 0.497 e. The summed E-state index contributed by atoms with van der Waals surface area (Å²) >= 11 is 6.04. The molecule has 2 rings (SSSR count). The van der Waals surface area contributed by atoms with Crippen LogP contribution in [0.5, 0.6) is 5.75 Å². The number of nitrogens with one attached hydrogen (secondary N) is 1. The topological polar surface area (TPSA) is 96.0 Å². The van der Waals surface area contributed by atoms with Gasteiger partial charge in [-0.3, -0.25) is 13.9 Å². The average molecular weight is 524 g/mol. The van der Waals surface area contributed by atoms with Gasteiger partial charge in [0, 0.05) is 17.1 Å². The second kappa shape index (κ2) is 11.3. The molecule has 35 heavy (non-hydrogen) atoms. The molecule has 0 saturated heterocycles. The SMILES string of the molecule is COc1ccc(CN(C(=O)CN(c2ccc(Cl)cc2C)S(C)(=O)=O)C(C)C(=O)NC(C)(C)C)cc1. The molecule has 0 aromatic heterocycles. The Balaban J connectivity index is 2.43. The molecule has 1 atom stereocenters. The number of carbonyl (C=O) groups is 2. The van der Waals surface area contributed by atoms with E-state index in [1.807, 2.05) is 20.8 Å². The van der Waals surface area contributed by atoms with E-state index >= 15 is 0 Å². The molecular formula is C25H34ClN3O5S. The van der Waals surface area contributed by atoms with E-state index in [-0.39, 0.29) is 12.5 Å². The summed E-state index contributed by atoms with van der Waals surface area (Å²) in [6.07, 6.45) is 1.04. The molecule has 192 valence electrons. The third-order valence-electron chi connectivity index (χ3n) is 5.28. The fraction of sp³-hybridized carbons (Fsp3) is 0.440. The van der Waals surface area contributed by atoms with E-state index in [1.165, 1.54) is 4.90 Å². The van der Waals surface area contributed by atoms with Crippen molar-refractivity contribution in [2.45, 2.75) is 52.7 Å². The third-order valence-corrected chi connectivity index (χ3v) is 6.65. The van der Waals surface area contributed by atoms with Crippen molar-refractivity contribution in [3.8, 4) is 5.75 Å². The number of hydrogen-bond donors (Lipinski definition) is 1. The molecule has 2 amide bonds. The van der Waals surface area contributed by atoms with Crippen LogP contribution >= 0.6 is 11.6 Å². The number of sulfonamides is 1. The maximum absolute atomic E-state index is 13.6. The van der Waals surface area contributed by atoms with Gasteiger partial charge < -0.3 is 15.0 Å². The van der Waals surface area contributed by atoms with Crippen LogP contribution in [0.1, 0.15) is 38.8 Å². The van der Waals surface area contributed by atoms with E-state index < -0.39 is 34.1 Å². The Hall–Kier alpha value is -2.78. The highest BCUT2D eigenvalue weighted by atomic mass is 35.5. The molecule has 0 aliphatic carbocycles. The van der Waals surface area contributed by atoms with Crippen molar-refractivity contribution in [1.29, 1.82) is 0 Å². The Morgan fingerprint density at radius 3 is 2.20 bits per heavy atom. The smallest absolute Gasteiger partial charge is 0.244 e. The number of amides is 2. The molecule has 1 unspecified atom stereocenters. The quantitative estimate of drug-likeness (QED) is 0.540. The minimum Gasteiger partial charge on any atom is -0.497 e. The number of aryl methyl sites for hydroxylation is 1. The van der Waals surface area contributed by atoms with E-state index in [9.17, 15) is 18.0 Å². The first-order valence-electron chi connectivity index (χ1n) is 11.1. The van der Waals surface area contributed by atoms with Crippen LogP contribution in [0.2, 0.25) is 5.02 Å². The first-order valence-corrected chi connectivity index (χ1v) is 13.3. The summed E-state index contributed by atoms with van der Waals surface area (Å²) in [5.74, 6) is -0.197. The standard InChI is InChI=1S/C25H34ClN3O5S/c1-17-14-20(26)10-13-22(17)29(35(7,32)33)16-23(30)28(18(2)24(31)27-25(3,4)5)15-19-8-11-21(34-6)12-9-19/h8-14,18H,15-16H2,1-7H3,(H,27,31). The lowest BCUT2D eigenvalue weighted by Gasteiger charge is -2.33. The first-order chi connectivity index (χ1) is 16.1. The number of ether oxygens (including phenoxy) is 1. The summed E-state index contributed by atoms with van der Waals surface area (Å²) in [6, 6.07) is 11.0. The van der Waals surface area contributed by atoms with E-state index in [0.717, 1.165) is 16.1 Å².